The van der Waals surface area contributed by atoms with E-state index in [-0.39, 0.29) is 11.7 Å². The predicted octanol–water partition coefficient (Wildman–Crippen LogP) is 6.30. The number of carbonyl (C=O) groups is 1. The molecule has 2 aromatic carbocycles. The fourth-order valence-corrected chi connectivity index (χ4v) is 4.06. The van der Waals surface area contributed by atoms with E-state index < -0.39 is 0 Å². The van der Waals surface area contributed by atoms with E-state index in [1.54, 1.807) is 40.5 Å². The number of benzene rings is 2. The summed E-state index contributed by atoms with van der Waals surface area (Å²) in [5.74, 6) is -0.134. The summed E-state index contributed by atoms with van der Waals surface area (Å²) >= 11 is 1.59. The molecule has 0 saturated heterocycles. The molecule has 0 aliphatic carbocycles. The zero-order valence-corrected chi connectivity index (χ0v) is 16.1. The lowest BCUT2D eigenvalue weighted by atomic mass is 10.1. The van der Waals surface area contributed by atoms with Gasteiger partial charge in [-0.25, -0.2) is 4.39 Å². The van der Waals surface area contributed by atoms with Crippen molar-refractivity contribution in [2.45, 2.75) is 13.5 Å². The first-order chi connectivity index (χ1) is 13.6. The Labute approximate surface area is 166 Å². The summed E-state index contributed by atoms with van der Waals surface area (Å²) < 4.78 is 18.5. The number of nitrogens with zero attached hydrogens (tertiary/aromatic N) is 1. The van der Waals surface area contributed by atoms with Crippen LogP contribution >= 0.6 is 11.3 Å². The van der Waals surface area contributed by atoms with Gasteiger partial charge in [-0.1, -0.05) is 30.3 Å². The number of hydrogen-bond donors (Lipinski definition) is 0. The average Bonchev–Trinajstić information content (AvgIpc) is 3.39. The van der Waals surface area contributed by atoms with Crippen LogP contribution in [0.2, 0.25) is 0 Å². The number of thiophene rings is 1. The van der Waals surface area contributed by atoms with Gasteiger partial charge in [0, 0.05) is 15.4 Å². The maximum absolute atomic E-state index is 13.2. The van der Waals surface area contributed by atoms with Crippen LogP contribution in [0.5, 0.6) is 0 Å². The maximum Gasteiger partial charge on any atom is 0.294 e. The fraction of sp³-hybridized carbons (Fsp3) is 0.0870. The molecule has 2 heterocycles. The third kappa shape index (κ3) is 3.75. The van der Waals surface area contributed by atoms with Crippen molar-refractivity contribution in [3.05, 3.63) is 101 Å². The van der Waals surface area contributed by atoms with Gasteiger partial charge < -0.3 is 9.32 Å². The Morgan fingerprint density at radius 1 is 1.00 bits per heavy atom. The highest BCUT2D eigenvalue weighted by atomic mass is 32.1. The molecule has 28 heavy (non-hydrogen) atoms. The van der Waals surface area contributed by atoms with Crippen molar-refractivity contribution in [1.29, 1.82) is 0 Å². The molecule has 140 valence electrons. The number of carbonyl (C=O) groups excluding carboxylic acids is 1. The Kier molecular flexibility index (Phi) is 5.08. The molecule has 0 fully saturated rings. The van der Waals surface area contributed by atoms with Gasteiger partial charge in [0.05, 0.1) is 12.8 Å². The highest BCUT2D eigenvalue weighted by Gasteiger charge is 2.22. The molecular weight excluding hydrogens is 373 g/mol. The van der Waals surface area contributed by atoms with Crippen molar-refractivity contribution < 1.29 is 13.6 Å². The summed E-state index contributed by atoms with van der Waals surface area (Å²) in [5.41, 5.74) is 2.82. The van der Waals surface area contributed by atoms with Gasteiger partial charge in [0.15, 0.2) is 5.76 Å². The number of hydrogen-bond acceptors (Lipinski definition) is 3. The van der Waals surface area contributed by atoms with E-state index in [1.165, 1.54) is 18.4 Å². The number of rotatable bonds is 5. The average molecular weight is 391 g/mol. The summed E-state index contributed by atoms with van der Waals surface area (Å²) in [7, 11) is 0. The lowest BCUT2D eigenvalue weighted by Crippen LogP contribution is -2.30. The molecule has 4 aromatic rings. The van der Waals surface area contributed by atoms with E-state index >= 15 is 0 Å². The molecule has 0 radical (unpaired) electrons. The molecule has 2 aromatic heterocycles. The SMILES string of the molecule is Cc1ccccc1N(Cc1ccc(-c2ccc(F)cc2)s1)C(=O)c1ccco1. The van der Waals surface area contributed by atoms with E-state index in [0.717, 1.165) is 26.6 Å². The Bertz CT molecular complexity index is 1080. The lowest BCUT2D eigenvalue weighted by molar-refractivity contribution is 0.0958. The quantitative estimate of drug-likeness (QED) is 0.400. The summed E-state index contributed by atoms with van der Waals surface area (Å²) in [6, 6.07) is 21.6. The molecular formula is C23H18FNO2S. The van der Waals surface area contributed by atoms with Crippen molar-refractivity contribution in [2.75, 3.05) is 4.90 Å². The highest BCUT2D eigenvalue weighted by Crippen LogP contribution is 2.31. The summed E-state index contributed by atoms with van der Waals surface area (Å²) in [5, 5.41) is 0. The zero-order valence-electron chi connectivity index (χ0n) is 15.3. The highest BCUT2D eigenvalue weighted by molar-refractivity contribution is 7.15. The third-order valence-corrected chi connectivity index (χ3v) is 5.61. The first-order valence-electron chi connectivity index (χ1n) is 8.87. The minimum atomic E-state index is -0.254. The predicted molar refractivity (Wildman–Crippen MR) is 110 cm³/mol. The van der Waals surface area contributed by atoms with Crippen LogP contribution in [0, 0.1) is 12.7 Å². The molecule has 5 heteroatoms. The minimum Gasteiger partial charge on any atom is -0.459 e. The van der Waals surface area contributed by atoms with Crippen LogP contribution in [0.25, 0.3) is 10.4 Å². The largest absolute Gasteiger partial charge is 0.459 e. The van der Waals surface area contributed by atoms with E-state index in [9.17, 15) is 9.18 Å². The number of halogens is 1. The van der Waals surface area contributed by atoms with Crippen LogP contribution in [0.1, 0.15) is 21.0 Å². The zero-order chi connectivity index (χ0) is 19.5. The minimum absolute atomic E-state index is 0.184. The number of aryl methyl sites for hydroxylation is 1. The standard InChI is InChI=1S/C23H18FNO2S/c1-16-5-2-3-6-20(16)25(23(26)21-7-4-14-27-21)15-19-12-13-22(28-19)17-8-10-18(24)11-9-17/h2-14H,15H2,1H3. The molecule has 4 rings (SSSR count). The van der Waals surface area contributed by atoms with Crippen molar-refractivity contribution in [1.82, 2.24) is 0 Å². The molecule has 0 N–H and O–H groups in total. The molecule has 0 bridgehead atoms. The monoisotopic (exact) mass is 391 g/mol. The fourth-order valence-electron chi connectivity index (χ4n) is 3.05. The molecule has 0 aliphatic heterocycles. The van der Waals surface area contributed by atoms with Gasteiger partial charge in [-0.2, -0.15) is 0 Å². The van der Waals surface area contributed by atoms with Crippen molar-refractivity contribution in [3.63, 3.8) is 0 Å². The van der Waals surface area contributed by atoms with Gasteiger partial charge in [-0.05, 0) is 60.5 Å². The second-order valence-electron chi connectivity index (χ2n) is 6.43. The van der Waals surface area contributed by atoms with E-state index in [0.29, 0.717) is 12.3 Å². The smallest absolute Gasteiger partial charge is 0.294 e. The Morgan fingerprint density at radius 3 is 2.50 bits per heavy atom. The van der Waals surface area contributed by atoms with Crippen molar-refractivity contribution >= 4 is 22.9 Å². The van der Waals surface area contributed by atoms with Gasteiger partial charge in [0.2, 0.25) is 0 Å². The Morgan fingerprint density at radius 2 is 1.79 bits per heavy atom. The second-order valence-corrected chi connectivity index (χ2v) is 7.60. The van der Waals surface area contributed by atoms with E-state index in [4.69, 9.17) is 4.42 Å². The number of anilines is 1. The van der Waals surface area contributed by atoms with Gasteiger partial charge in [0.1, 0.15) is 5.82 Å². The molecule has 3 nitrogen and oxygen atoms in total. The van der Waals surface area contributed by atoms with Crippen LogP contribution in [-0.4, -0.2) is 5.91 Å². The van der Waals surface area contributed by atoms with Crippen LogP contribution in [-0.2, 0) is 6.54 Å². The third-order valence-electron chi connectivity index (χ3n) is 4.49. The molecule has 0 saturated carbocycles. The molecule has 0 atom stereocenters. The second kappa shape index (κ2) is 7.82. The summed E-state index contributed by atoms with van der Waals surface area (Å²) in [6.07, 6.45) is 1.50. The normalized spacial score (nSPS) is 10.8. The summed E-state index contributed by atoms with van der Waals surface area (Å²) in [6.45, 7) is 2.41. The van der Waals surface area contributed by atoms with Crippen molar-refractivity contribution in [2.24, 2.45) is 0 Å². The van der Waals surface area contributed by atoms with Crippen LogP contribution in [0.15, 0.2) is 83.5 Å². The number of furan rings is 1. The summed E-state index contributed by atoms with van der Waals surface area (Å²) in [4.78, 5) is 16.9. The number of para-hydroxylation sites is 1. The Balaban J connectivity index is 1.66. The van der Waals surface area contributed by atoms with Gasteiger partial charge >= 0.3 is 0 Å². The van der Waals surface area contributed by atoms with E-state index in [1.807, 2.05) is 43.3 Å². The van der Waals surface area contributed by atoms with Gasteiger partial charge in [-0.3, -0.25) is 4.79 Å². The van der Waals surface area contributed by atoms with E-state index in [2.05, 4.69) is 0 Å². The van der Waals surface area contributed by atoms with Gasteiger partial charge in [0.25, 0.3) is 5.91 Å². The maximum atomic E-state index is 13.2. The van der Waals surface area contributed by atoms with Crippen LogP contribution < -0.4 is 4.90 Å². The molecule has 0 spiro atoms. The topological polar surface area (TPSA) is 33.5 Å². The molecule has 1 amide bonds. The van der Waals surface area contributed by atoms with Crippen LogP contribution in [0.4, 0.5) is 10.1 Å². The Hall–Kier alpha value is -3.18. The first kappa shape index (κ1) is 18.2. The molecule has 0 unspecified atom stereocenters. The lowest BCUT2D eigenvalue weighted by Gasteiger charge is -2.23. The van der Waals surface area contributed by atoms with Gasteiger partial charge in [-0.15, -0.1) is 11.3 Å². The number of amides is 1. The van der Waals surface area contributed by atoms with Crippen LogP contribution in [0.3, 0.4) is 0 Å². The van der Waals surface area contributed by atoms with Crippen molar-refractivity contribution in [3.8, 4) is 10.4 Å². The molecule has 0 aliphatic rings. The first-order valence-corrected chi connectivity index (χ1v) is 9.69.